The van der Waals surface area contributed by atoms with E-state index in [1.807, 2.05) is 6.92 Å². The van der Waals surface area contributed by atoms with Crippen LogP contribution in [-0.2, 0) is 21.2 Å². The number of nitrogens with one attached hydrogen (secondary N) is 1. The molecule has 0 unspecified atom stereocenters. The van der Waals surface area contributed by atoms with Crippen LogP contribution in [0.2, 0.25) is 0 Å². The normalized spacial score (nSPS) is 13.9. The number of carboxylic acid groups (broad SMARTS) is 1. The summed E-state index contributed by atoms with van der Waals surface area (Å²) in [5.41, 5.74) is 3.40. The third-order valence-corrected chi connectivity index (χ3v) is 7.86. The summed E-state index contributed by atoms with van der Waals surface area (Å²) in [5, 5.41) is 24.4. The van der Waals surface area contributed by atoms with Gasteiger partial charge in [0.2, 0.25) is 5.75 Å². The number of halogens is 4. The molecule has 3 aromatic rings. The minimum absolute atomic E-state index is 0.133. The van der Waals surface area contributed by atoms with E-state index in [1.54, 1.807) is 48.7 Å². The van der Waals surface area contributed by atoms with E-state index in [2.05, 4.69) is 10.3 Å². The molecule has 210 valence electrons. The van der Waals surface area contributed by atoms with Crippen molar-refractivity contribution in [1.29, 1.82) is 0 Å². The van der Waals surface area contributed by atoms with E-state index in [9.17, 15) is 31.1 Å². The van der Waals surface area contributed by atoms with E-state index < -0.39 is 22.2 Å². The third kappa shape index (κ3) is 5.98. The molecule has 0 spiro atoms. The summed E-state index contributed by atoms with van der Waals surface area (Å²) in [7, 11) is -3.92. The Morgan fingerprint density at radius 2 is 1.75 bits per heavy atom. The highest BCUT2D eigenvalue weighted by Crippen LogP contribution is 2.35. The molecule has 0 fully saturated rings. The van der Waals surface area contributed by atoms with Gasteiger partial charge in [0.05, 0.1) is 16.3 Å². The van der Waals surface area contributed by atoms with Crippen LogP contribution < -0.4 is 21.0 Å². The summed E-state index contributed by atoms with van der Waals surface area (Å²) in [6.07, 6.45) is -2.38. The molecule has 2 heterocycles. The summed E-state index contributed by atoms with van der Waals surface area (Å²) >= 11 is 0. The zero-order chi connectivity index (χ0) is 29.2. The molecule has 0 radical (unpaired) electrons. The van der Waals surface area contributed by atoms with Crippen molar-refractivity contribution in [2.45, 2.75) is 30.8 Å². The van der Waals surface area contributed by atoms with Crippen LogP contribution in [0.15, 0.2) is 64.5 Å². The van der Waals surface area contributed by atoms with E-state index in [4.69, 9.17) is 9.90 Å². The molecule has 0 aromatic heterocycles. The number of sulfonamides is 1. The molecule has 2 N–H and O–H groups in total. The summed E-state index contributed by atoms with van der Waals surface area (Å²) in [4.78, 5) is 13.5. The lowest BCUT2D eigenvalue weighted by atomic mass is 10.1. The summed E-state index contributed by atoms with van der Waals surface area (Å²) in [6.45, 7) is 2.92. The number of aryl methyl sites for hydroxylation is 1. The topological polar surface area (TPSA) is 122 Å². The molecule has 40 heavy (non-hydrogen) atoms. The van der Waals surface area contributed by atoms with Crippen molar-refractivity contribution in [3.05, 3.63) is 82.1 Å². The zero-order valence-electron chi connectivity index (χ0n) is 21.0. The lowest BCUT2D eigenvalue weighted by molar-refractivity contribution is -0.344. The van der Waals surface area contributed by atoms with Crippen LogP contribution in [0, 0.1) is 12.7 Å². The fourth-order valence-electron chi connectivity index (χ4n) is 4.20. The Morgan fingerprint density at radius 1 is 1.12 bits per heavy atom. The fraction of sp³-hybridized carbons (Fsp3) is 0.222. The van der Waals surface area contributed by atoms with Gasteiger partial charge in [0.25, 0.3) is 5.69 Å². The van der Waals surface area contributed by atoms with Crippen LogP contribution in [0.5, 0.6) is 5.75 Å². The van der Waals surface area contributed by atoms with Crippen LogP contribution in [0.4, 0.5) is 28.9 Å². The van der Waals surface area contributed by atoms with Crippen molar-refractivity contribution >= 4 is 39.2 Å². The number of carbonyl (C=O) groups is 1. The number of phenols is 1. The predicted molar refractivity (Wildman–Crippen MR) is 136 cm³/mol. The number of aromatic hydroxyl groups is 1. The second-order valence-electron chi connectivity index (χ2n) is 9.00. The number of phenolic OH excluding ortho intramolecular Hbond substituents is 1. The van der Waals surface area contributed by atoms with Gasteiger partial charge in [0, 0.05) is 18.7 Å². The van der Waals surface area contributed by atoms with Gasteiger partial charge in [-0.05, 0) is 55.7 Å². The van der Waals surface area contributed by atoms with Gasteiger partial charge in [-0.25, -0.2) is 4.39 Å². The number of carboxylic acids is 1. The lowest BCUT2D eigenvalue weighted by Crippen LogP contribution is -2.37. The largest absolute Gasteiger partial charge is 0.542 e. The number of nitrogens with zero attached hydrogens (tertiary/aromatic N) is 2. The molecule has 0 atom stereocenters. The number of anilines is 1. The van der Waals surface area contributed by atoms with Gasteiger partial charge in [-0.1, -0.05) is 33.8 Å². The molecule has 2 aliphatic rings. The summed E-state index contributed by atoms with van der Waals surface area (Å²) < 4.78 is 72.8. The minimum Gasteiger partial charge on any atom is -0.542 e. The van der Waals surface area contributed by atoms with Crippen LogP contribution in [0.25, 0.3) is 5.57 Å². The predicted octanol–water partition coefficient (Wildman–Crippen LogP) is 2.08. The lowest BCUT2D eigenvalue weighted by Gasteiger charge is -2.11. The summed E-state index contributed by atoms with van der Waals surface area (Å²) in [6, 6.07) is 14.6. The van der Waals surface area contributed by atoms with E-state index >= 15 is 0 Å². The SMILES string of the molecule is Cc1ccc(S(=O)(=O)[N+]2=CC3=c4c2c(O)c(NCCc2ccc(F)cc2)cc4=NCC3)cc1.O=C([O-])C(F)(F)F. The molecular weight excluding hydrogens is 554 g/mol. The van der Waals surface area contributed by atoms with Crippen molar-refractivity contribution in [2.75, 3.05) is 18.4 Å². The first-order valence-corrected chi connectivity index (χ1v) is 13.4. The van der Waals surface area contributed by atoms with Crippen LogP contribution >= 0.6 is 0 Å². The van der Waals surface area contributed by atoms with E-state index in [-0.39, 0.29) is 22.1 Å². The average Bonchev–Trinajstić information content (AvgIpc) is 3.30. The smallest absolute Gasteiger partial charge is 0.430 e. The van der Waals surface area contributed by atoms with Crippen molar-refractivity contribution in [1.82, 2.24) is 0 Å². The number of hydrogen-bond donors (Lipinski definition) is 2. The van der Waals surface area contributed by atoms with Crippen molar-refractivity contribution < 1.29 is 45.0 Å². The highest BCUT2D eigenvalue weighted by atomic mass is 32.2. The molecule has 0 saturated heterocycles. The second-order valence-corrected chi connectivity index (χ2v) is 10.8. The Bertz CT molecular complexity index is 1720. The first kappa shape index (κ1) is 28.7. The Labute approximate surface area is 226 Å². The zero-order valence-corrected chi connectivity index (χ0v) is 21.8. The van der Waals surface area contributed by atoms with Gasteiger partial charge in [-0.2, -0.15) is 21.6 Å². The Hall–Kier alpha value is -4.26. The second kappa shape index (κ2) is 11.1. The molecule has 13 heteroatoms. The molecule has 5 rings (SSSR count). The highest BCUT2D eigenvalue weighted by molar-refractivity contribution is 7.85. The molecule has 0 aliphatic carbocycles. The Kier molecular flexibility index (Phi) is 7.96. The van der Waals surface area contributed by atoms with Gasteiger partial charge in [0.1, 0.15) is 16.7 Å². The maximum Gasteiger partial charge on any atom is 0.430 e. The number of rotatable bonds is 6. The number of aliphatic carboxylic acids is 1. The van der Waals surface area contributed by atoms with Crippen LogP contribution in [0.3, 0.4) is 0 Å². The molecule has 0 saturated carbocycles. The third-order valence-electron chi connectivity index (χ3n) is 6.18. The van der Waals surface area contributed by atoms with Crippen LogP contribution in [-0.4, -0.2) is 49.0 Å². The average molecular weight is 578 g/mol. The van der Waals surface area contributed by atoms with E-state index in [1.165, 1.54) is 16.1 Å². The molecule has 0 amide bonds. The highest BCUT2D eigenvalue weighted by Gasteiger charge is 2.39. The van der Waals surface area contributed by atoms with E-state index in [0.717, 1.165) is 16.7 Å². The Morgan fingerprint density at radius 3 is 2.35 bits per heavy atom. The first-order chi connectivity index (χ1) is 18.8. The van der Waals surface area contributed by atoms with Gasteiger partial charge < -0.3 is 20.3 Å². The quantitative estimate of drug-likeness (QED) is 0.263. The molecule has 0 bridgehead atoms. The monoisotopic (exact) mass is 577 g/mol. The maximum atomic E-state index is 13.5. The Balaban J connectivity index is 0.000000470. The van der Waals surface area contributed by atoms with E-state index in [0.29, 0.717) is 42.2 Å². The van der Waals surface area contributed by atoms with Gasteiger partial charge in [-0.15, -0.1) is 0 Å². The summed E-state index contributed by atoms with van der Waals surface area (Å²) in [5.74, 6) is -3.43. The number of benzene rings is 3. The molecular formula is C27H23F4N3O5S. The van der Waals surface area contributed by atoms with Crippen molar-refractivity contribution in [3.63, 3.8) is 0 Å². The number of alkyl halides is 3. The number of hydrogen-bond acceptors (Lipinski definition) is 7. The van der Waals surface area contributed by atoms with Gasteiger partial charge in [-0.3, -0.25) is 4.99 Å². The molecule has 3 aromatic carbocycles. The minimum atomic E-state index is -5.19. The van der Waals surface area contributed by atoms with Gasteiger partial charge in [0.15, 0.2) is 6.21 Å². The van der Waals surface area contributed by atoms with Crippen LogP contribution in [0.1, 0.15) is 17.5 Å². The molecule has 2 aliphatic heterocycles. The van der Waals surface area contributed by atoms with Crippen molar-refractivity contribution in [2.24, 2.45) is 4.99 Å². The first-order valence-electron chi connectivity index (χ1n) is 11.9. The van der Waals surface area contributed by atoms with Crippen molar-refractivity contribution in [3.8, 4) is 5.75 Å². The maximum absolute atomic E-state index is 13.5. The van der Waals surface area contributed by atoms with Gasteiger partial charge >= 0.3 is 16.2 Å². The molecule has 8 nitrogen and oxygen atoms in total. The number of carbonyl (C=O) groups excluding carboxylic acids is 1. The fourth-order valence-corrected chi connectivity index (χ4v) is 5.59. The standard InChI is InChI=1S/C25H22FN3O3S.C2HF3O2/c1-16-2-8-20(9-3-16)33(31,32)29-15-18-11-13-27-21-14-22(25(30)24(29)23(18)21)28-12-10-17-4-6-19(26)7-5-17;3-2(4,5)1(6)7/h2-9,14-15H,10-13H2,1H3,(H,27,28);(H,6,7).